The van der Waals surface area contributed by atoms with Crippen molar-refractivity contribution < 1.29 is 10.2 Å². The van der Waals surface area contributed by atoms with E-state index in [1.165, 1.54) is 12.3 Å². The van der Waals surface area contributed by atoms with Crippen LogP contribution in [0.1, 0.15) is 0 Å². The summed E-state index contributed by atoms with van der Waals surface area (Å²) >= 11 is 0. The van der Waals surface area contributed by atoms with Gasteiger partial charge in [0.05, 0.1) is 17.1 Å². The summed E-state index contributed by atoms with van der Waals surface area (Å²) in [6, 6.07) is 3.06. The third kappa shape index (κ3) is 0.724. The maximum atomic E-state index is 9.24. The first kappa shape index (κ1) is 6.03. The van der Waals surface area contributed by atoms with E-state index >= 15 is 0 Å². The molecule has 1 aromatic heterocycles. The molecule has 0 bridgehead atoms. The fraction of sp³-hybridized carbons (Fsp3) is 0. The highest BCUT2D eigenvalue weighted by molar-refractivity contribution is 5.86. The van der Waals surface area contributed by atoms with E-state index in [4.69, 9.17) is 5.11 Å². The molecule has 4 heteroatoms. The smallest absolute Gasteiger partial charge is 0.168 e. The van der Waals surface area contributed by atoms with E-state index in [1.807, 2.05) is 0 Å². The lowest BCUT2D eigenvalue weighted by atomic mass is 10.2. The molecule has 0 aliphatic rings. The topological polar surface area (TPSA) is 69.1 Å². The molecule has 0 radical (unpaired) electrons. The molecule has 0 fully saturated rings. The molecule has 56 valence electrons. The van der Waals surface area contributed by atoms with Crippen LogP contribution in [0.25, 0.3) is 10.9 Å². The fourth-order valence-electron chi connectivity index (χ4n) is 0.991. The molecule has 0 saturated carbocycles. The molecule has 0 aliphatic carbocycles. The lowest BCUT2D eigenvalue weighted by molar-refractivity contribution is 0.408. The number of rotatable bonds is 0. The number of hydrogen-bond donors (Lipinski definition) is 3. The van der Waals surface area contributed by atoms with Crippen molar-refractivity contribution in [3.8, 4) is 11.5 Å². The maximum absolute atomic E-state index is 9.24. The second-order valence-corrected chi connectivity index (χ2v) is 2.26. The number of benzene rings is 1. The number of phenolic OH excluding ortho intramolecular Hbond substituents is 2. The number of H-pyrrole nitrogens is 1. The zero-order valence-corrected chi connectivity index (χ0v) is 5.57. The fourth-order valence-corrected chi connectivity index (χ4v) is 0.991. The van der Waals surface area contributed by atoms with Gasteiger partial charge < -0.3 is 10.2 Å². The van der Waals surface area contributed by atoms with Crippen molar-refractivity contribution in [2.45, 2.75) is 0 Å². The van der Waals surface area contributed by atoms with E-state index in [2.05, 4.69) is 10.2 Å². The zero-order valence-electron chi connectivity index (χ0n) is 5.57. The van der Waals surface area contributed by atoms with Crippen molar-refractivity contribution in [1.29, 1.82) is 0 Å². The average molecular weight is 150 g/mol. The van der Waals surface area contributed by atoms with Gasteiger partial charge in [-0.3, -0.25) is 5.10 Å². The largest absolute Gasteiger partial charge is 0.504 e. The Morgan fingerprint density at radius 1 is 1.27 bits per heavy atom. The van der Waals surface area contributed by atoms with E-state index in [0.717, 1.165) is 0 Å². The molecule has 0 saturated heterocycles. The van der Waals surface area contributed by atoms with Gasteiger partial charge in [0.1, 0.15) is 0 Å². The van der Waals surface area contributed by atoms with Gasteiger partial charge in [0.2, 0.25) is 0 Å². The second kappa shape index (κ2) is 1.88. The van der Waals surface area contributed by atoms with E-state index in [-0.39, 0.29) is 11.5 Å². The summed E-state index contributed by atoms with van der Waals surface area (Å²) in [5, 5.41) is 25.2. The van der Waals surface area contributed by atoms with Gasteiger partial charge in [0.25, 0.3) is 0 Å². The molecule has 0 unspecified atom stereocenters. The first-order chi connectivity index (χ1) is 5.29. The number of fused-ring (bicyclic) bond motifs is 1. The highest BCUT2D eigenvalue weighted by atomic mass is 16.3. The minimum atomic E-state index is -0.128. The van der Waals surface area contributed by atoms with Gasteiger partial charge in [-0.05, 0) is 12.1 Å². The molecule has 0 amide bonds. The number of aromatic amines is 1. The Bertz CT molecular complexity index is 394. The van der Waals surface area contributed by atoms with Crippen molar-refractivity contribution in [3.63, 3.8) is 0 Å². The van der Waals surface area contributed by atoms with E-state index in [0.29, 0.717) is 10.9 Å². The van der Waals surface area contributed by atoms with Gasteiger partial charge in [-0.25, -0.2) is 0 Å². The van der Waals surface area contributed by atoms with Crippen LogP contribution in [0.2, 0.25) is 0 Å². The summed E-state index contributed by atoms with van der Waals surface area (Å²) in [6.45, 7) is 0. The van der Waals surface area contributed by atoms with Crippen LogP contribution in [0.5, 0.6) is 11.5 Å². The molecule has 1 heterocycles. The monoisotopic (exact) mass is 150 g/mol. The second-order valence-electron chi connectivity index (χ2n) is 2.26. The number of aromatic hydroxyl groups is 2. The molecule has 1 aromatic carbocycles. The molecule has 0 aliphatic heterocycles. The third-order valence-electron chi connectivity index (χ3n) is 1.57. The molecule has 2 aromatic rings. The molecular weight excluding hydrogens is 144 g/mol. The summed E-state index contributed by atoms with van der Waals surface area (Å²) in [6.07, 6.45) is 1.46. The number of hydrogen-bond acceptors (Lipinski definition) is 3. The standard InChI is InChI=1S/C7H6N2O2/c10-6-2-1-5-4(7(6)11)3-8-9-5/h1-3,10-11H,(H,8,9). The van der Waals surface area contributed by atoms with Crippen LogP contribution in [-0.4, -0.2) is 20.4 Å². The highest BCUT2D eigenvalue weighted by Crippen LogP contribution is 2.31. The summed E-state index contributed by atoms with van der Waals surface area (Å²) < 4.78 is 0. The van der Waals surface area contributed by atoms with Crippen LogP contribution >= 0.6 is 0 Å². The number of nitrogens with one attached hydrogen (secondary N) is 1. The molecular formula is C7H6N2O2. The lowest BCUT2D eigenvalue weighted by Crippen LogP contribution is -1.70. The van der Waals surface area contributed by atoms with E-state index in [1.54, 1.807) is 6.07 Å². The molecule has 2 rings (SSSR count). The van der Waals surface area contributed by atoms with Gasteiger partial charge in [-0.15, -0.1) is 0 Å². The van der Waals surface area contributed by atoms with Crippen LogP contribution in [0.4, 0.5) is 0 Å². The predicted octanol–water partition coefficient (Wildman–Crippen LogP) is 0.974. The SMILES string of the molecule is Oc1ccc2[nH]ncc2c1O. The number of aromatic nitrogens is 2. The van der Waals surface area contributed by atoms with Crippen molar-refractivity contribution >= 4 is 10.9 Å². The Kier molecular flexibility index (Phi) is 1.03. The van der Waals surface area contributed by atoms with Crippen LogP contribution < -0.4 is 0 Å². The summed E-state index contributed by atoms with van der Waals surface area (Å²) in [7, 11) is 0. The predicted molar refractivity (Wildman–Crippen MR) is 39.4 cm³/mol. The van der Waals surface area contributed by atoms with E-state index < -0.39 is 0 Å². The zero-order chi connectivity index (χ0) is 7.84. The Morgan fingerprint density at radius 2 is 2.09 bits per heavy atom. The molecule has 0 atom stereocenters. The maximum Gasteiger partial charge on any atom is 0.168 e. The van der Waals surface area contributed by atoms with Gasteiger partial charge in [0, 0.05) is 0 Å². The normalized spacial score (nSPS) is 10.5. The van der Waals surface area contributed by atoms with Gasteiger partial charge in [0.15, 0.2) is 11.5 Å². The Morgan fingerprint density at radius 3 is 2.91 bits per heavy atom. The highest BCUT2D eigenvalue weighted by Gasteiger charge is 2.04. The number of phenols is 2. The molecule has 3 N–H and O–H groups in total. The molecule has 11 heavy (non-hydrogen) atoms. The Hall–Kier alpha value is -1.71. The van der Waals surface area contributed by atoms with Gasteiger partial charge in [-0.1, -0.05) is 0 Å². The first-order valence-electron chi connectivity index (χ1n) is 3.13. The lowest BCUT2D eigenvalue weighted by Gasteiger charge is -1.95. The quantitative estimate of drug-likeness (QED) is 0.490. The van der Waals surface area contributed by atoms with Crippen molar-refractivity contribution in [2.24, 2.45) is 0 Å². The Balaban J connectivity index is 2.93. The summed E-state index contributed by atoms with van der Waals surface area (Å²) in [4.78, 5) is 0. The molecule has 0 spiro atoms. The van der Waals surface area contributed by atoms with Crippen molar-refractivity contribution in [3.05, 3.63) is 18.3 Å². The van der Waals surface area contributed by atoms with Gasteiger partial charge >= 0.3 is 0 Å². The van der Waals surface area contributed by atoms with Crippen LogP contribution in [0.3, 0.4) is 0 Å². The average Bonchev–Trinajstić information content (AvgIpc) is 2.45. The summed E-state index contributed by atoms with van der Waals surface area (Å²) in [5.74, 6) is -0.254. The minimum Gasteiger partial charge on any atom is -0.504 e. The summed E-state index contributed by atoms with van der Waals surface area (Å²) in [5.41, 5.74) is 0.709. The third-order valence-corrected chi connectivity index (χ3v) is 1.57. The van der Waals surface area contributed by atoms with E-state index in [9.17, 15) is 5.11 Å². The van der Waals surface area contributed by atoms with Gasteiger partial charge in [-0.2, -0.15) is 5.10 Å². The minimum absolute atomic E-state index is 0.126. The number of nitrogens with zero attached hydrogens (tertiary/aromatic N) is 1. The van der Waals surface area contributed by atoms with Crippen LogP contribution in [0.15, 0.2) is 18.3 Å². The first-order valence-corrected chi connectivity index (χ1v) is 3.13. The Labute approximate surface area is 62.1 Å². The van der Waals surface area contributed by atoms with Crippen molar-refractivity contribution in [2.75, 3.05) is 0 Å². The van der Waals surface area contributed by atoms with Crippen LogP contribution in [0, 0.1) is 0 Å². The molecule has 4 nitrogen and oxygen atoms in total. The van der Waals surface area contributed by atoms with Crippen LogP contribution in [-0.2, 0) is 0 Å². The van der Waals surface area contributed by atoms with Crippen molar-refractivity contribution in [1.82, 2.24) is 10.2 Å².